The minimum Gasteiger partial charge on any atom is -0.507 e. The Bertz CT molecular complexity index is 600. The van der Waals surface area contributed by atoms with Crippen molar-refractivity contribution in [2.24, 2.45) is 5.92 Å². The molecule has 2 amide bonds. The van der Waals surface area contributed by atoms with Gasteiger partial charge < -0.3 is 5.11 Å². The number of halogens is 1. The smallest absolute Gasteiger partial charge is 0.254 e. The molecule has 1 aromatic carbocycles. The first-order valence-corrected chi connectivity index (χ1v) is 7.95. The van der Waals surface area contributed by atoms with Crippen LogP contribution >= 0.6 is 22.6 Å². The van der Waals surface area contributed by atoms with Crippen LogP contribution in [0.1, 0.15) is 25.3 Å². The number of benzene rings is 1. The quantitative estimate of drug-likeness (QED) is 0.560. The summed E-state index contributed by atoms with van der Waals surface area (Å²) in [4.78, 5) is 39.8. The van der Waals surface area contributed by atoms with E-state index in [2.05, 4.69) is 0 Å². The summed E-state index contributed by atoms with van der Waals surface area (Å²) < 4.78 is 0.722. The van der Waals surface area contributed by atoms with Gasteiger partial charge in [0.25, 0.3) is 11.8 Å². The van der Waals surface area contributed by atoms with Crippen molar-refractivity contribution in [3.63, 3.8) is 0 Å². The van der Waals surface area contributed by atoms with Gasteiger partial charge in [-0.2, -0.15) is 5.06 Å². The maximum Gasteiger partial charge on any atom is 0.254 e. The van der Waals surface area contributed by atoms with Crippen LogP contribution in [0.4, 0.5) is 0 Å². The molecule has 1 aliphatic rings. The molecule has 0 aromatic heterocycles. The number of nitrogens with zero attached hydrogens (tertiary/aromatic N) is 1. The third kappa shape index (κ3) is 4.04. The second-order valence-electron chi connectivity index (χ2n) is 5.21. The van der Waals surface area contributed by atoms with Gasteiger partial charge in [0.1, 0.15) is 12.4 Å². The van der Waals surface area contributed by atoms with E-state index in [9.17, 15) is 19.5 Å². The molecule has 7 heteroatoms. The first-order valence-electron chi connectivity index (χ1n) is 6.87. The molecule has 0 aliphatic carbocycles. The standard InChI is InChI=1S/C15H16INO5/c1-9(6-10-2-3-12(18)11(16)7-10)13(19)8-22-17-14(20)4-5-15(17)21/h2-3,7,9,18H,4-6,8H2,1H3/i16+4. The Kier molecular flexibility index (Phi) is 5.52. The lowest BCUT2D eigenvalue weighted by atomic mass is 9.97. The third-order valence-electron chi connectivity index (χ3n) is 3.45. The molecule has 1 aromatic rings. The number of carbonyl (C=O) groups excluding carboxylic acids is 3. The summed E-state index contributed by atoms with van der Waals surface area (Å²) >= 11 is 2.02. The van der Waals surface area contributed by atoms with Gasteiger partial charge in [-0.3, -0.25) is 19.2 Å². The van der Waals surface area contributed by atoms with Crippen molar-refractivity contribution in [3.8, 4) is 5.75 Å². The molecule has 1 N–H and O–H groups in total. The van der Waals surface area contributed by atoms with E-state index in [4.69, 9.17) is 4.84 Å². The molecular weight excluding hydrogens is 405 g/mol. The van der Waals surface area contributed by atoms with Crippen LogP contribution in [0, 0.1) is 9.49 Å². The van der Waals surface area contributed by atoms with Gasteiger partial charge in [0.05, 0.1) is 3.57 Å². The highest BCUT2D eigenvalue weighted by molar-refractivity contribution is 14.1. The predicted molar refractivity (Wildman–Crippen MR) is 85.7 cm³/mol. The van der Waals surface area contributed by atoms with E-state index in [1.165, 1.54) is 0 Å². The van der Waals surface area contributed by atoms with Crippen LogP contribution in [0.25, 0.3) is 0 Å². The van der Waals surface area contributed by atoms with Gasteiger partial charge in [0, 0.05) is 18.8 Å². The fourth-order valence-electron chi connectivity index (χ4n) is 2.12. The first kappa shape index (κ1) is 16.9. The van der Waals surface area contributed by atoms with Crippen LogP contribution in [0.5, 0.6) is 5.75 Å². The molecule has 0 spiro atoms. The van der Waals surface area contributed by atoms with E-state index in [1.807, 2.05) is 28.7 Å². The Balaban J connectivity index is 1.88. The Labute approximate surface area is 141 Å². The number of phenolic OH excluding ortho intramolecular Hbond substituents is 1. The molecule has 1 aliphatic heterocycles. The Morgan fingerprint density at radius 2 is 2.00 bits per heavy atom. The number of aromatic hydroxyl groups is 1. The largest absolute Gasteiger partial charge is 0.507 e. The average Bonchev–Trinajstić information content (AvgIpc) is 2.79. The molecule has 1 unspecified atom stereocenters. The number of hydroxylamine groups is 2. The van der Waals surface area contributed by atoms with Gasteiger partial charge in [-0.15, -0.1) is 0 Å². The third-order valence-corrected chi connectivity index (χ3v) is 4.31. The summed E-state index contributed by atoms with van der Waals surface area (Å²) in [6, 6.07) is 5.16. The number of ketones is 1. The predicted octanol–water partition coefficient (Wildman–Crippen LogP) is 1.83. The first-order chi connectivity index (χ1) is 10.4. The molecular formula is C15H16INO5. The Morgan fingerprint density at radius 1 is 1.36 bits per heavy atom. The second kappa shape index (κ2) is 7.19. The van der Waals surface area contributed by atoms with Crippen molar-refractivity contribution in [2.75, 3.05) is 6.61 Å². The van der Waals surface area contributed by atoms with Crippen LogP contribution in [-0.4, -0.2) is 34.4 Å². The van der Waals surface area contributed by atoms with Crippen LogP contribution in [0.3, 0.4) is 0 Å². The summed E-state index contributed by atoms with van der Waals surface area (Å²) in [5.41, 5.74) is 0.927. The zero-order chi connectivity index (χ0) is 16.3. The monoisotopic (exact) mass is 421 g/mol. The molecule has 0 radical (unpaired) electrons. The zero-order valence-corrected chi connectivity index (χ0v) is 14.2. The topological polar surface area (TPSA) is 83.9 Å². The van der Waals surface area contributed by atoms with E-state index < -0.39 is 11.8 Å². The number of amides is 2. The highest BCUT2D eigenvalue weighted by Crippen LogP contribution is 2.22. The van der Waals surface area contributed by atoms with Crippen LogP contribution in [0.2, 0.25) is 0 Å². The van der Waals surface area contributed by atoms with E-state index in [1.54, 1.807) is 19.1 Å². The second-order valence-corrected chi connectivity index (χ2v) is 6.37. The van der Waals surface area contributed by atoms with Gasteiger partial charge in [-0.25, -0.2) is 0 Å². The zero-order valence-electron chi connectivity index (χ0n) is 12.0. The molecule has 22 heavy (non-hydrogen) atoms. The molecule has 1 atom stereocenters. The van der Waals surface area contributed by atoms with Gasteiger partial charge in [0.2, 0.25) is 0 Å². The minimum absolute atomic E-state index is 0.133. The molecule has 1 fully saturated rings. The summed E-state index contributed by atoms with van der Waals surface area (Å²) in [6.07, 6.45) is 0.767. The van der Waals surface area contributed by atoms with Gasteiger partial charge in [-0.1, -0.05) is 13.0 Å². The van der Waals surface area contributed by atoms with Crippen LogP contribution in [-0.2, 0) is 25.6 Å². The summed E-state index contributed by atoms with van der Waals surface area (Å²) in [5, 5.41) is 10.2. The molecule has 0 saturated carbocycles. The Hall–Kier alpha value is -1.48. The van der Waals surface area contributed by atoms with Gasteiger partial charge in [-0.05, 0) is 46.7 Å². The summed E-state index contributed by atoms with van der Waals surface area (Å²) in [7, 11) is 0. The number of Topliss-reactive ketones (excluding diaryl/α,β-unsaturated/α-hetero) is 1. The molecule has 1 saturated heterocycles. The number of carbonyl (C=O) groups is 3. The van der Waals surface area contributed by atoms with E-state index in [-0.39, 0.29) is 36.9 Å². The van der Waals surface area contributed by atoms with Crippen molar-refractivity contribution in [2.45, 2.75) is 26.2 Å². The van der Waals surface area contributed by atoms with Crippen molar-refractivity contribution < 1.29 is 24.3 Å². The normalized spacial score (nSPS) is 16.2. The van der Waals surface area contributed by atoms with Gasteiger partial charge in [0.15, 0.2) is 5.78 Å². The lowest BCUT2D eigenvalue weighted by Gasteiger charge is -2.15. The maximum absolute atomic E-state index is 12.0. The van der Waals surface area contributed by atoms with Crippen molar-refractivity contribution in [1.29, 1.82) is 0 Å². The fourth-order valence-corrected chi connectivity index (χ4v) is 2.70. The number of imide groups is 1. The molecule has 118 valence electrons. The maximum atomic E-state index is 12.0. The lowest BCUT2D eigenvalue weighted by Crippen LogP contribution is -2.33. The number of hydrogen-bond acceptors (Lipinski definition) is 5. The number of rotatable bonds is 6. The van der Waals surface area contributed by atoms with E-state index in [0.717, 1.165) is 9.13 Å². The fraction of sp³-hybridized carbons (Fsp3) is 0.400. The molecule has 1 heterocycles. The highest BCUT2D eigenvalue weighted by atomic mass is 131. The minimum atomic E-state index is -0.404. The van der Waals surface area contributed by atoms with Crippen molar-refractivity contribution >= 4 is 40.2 Å². The Morgan fingerprint density at radius 3 is 2.59 bits per heavy atom. The lowest BCUT2D eigenvalue weighted by molar-refractivity contribution is -0.188. The summed E-state index contributed by atoms with van der Waals surface area (Å²) in [5.74, 6) is -1.10. The summed E-state index contributed by atoms with van der Waals surface area (Å²) in [6.45, 7) is 1.47. The van der Waals surface area contributed by atoms with Crippen molar-refractivity contribution in [3.05, 3.63) is 27.3 Å². The van der Waals surface area contributed by atoms with Crippen LogP contribution < -0.4 is 0 Å². The average molecular weight is 421 g/mol. The number of phenols is 1. The van der Waals surface area contributed by atoms with Crippen LogP contribution in [0.15, 0.2) is 18.2 Å². The SMILES string of the molecule is CC(Cc1ccc(O)c([131I])c1)C(=O)CON1C(=O)CCC1=O. The number of hydrogen-bond donors (Lipinski definition) is 1. The highest BCUT2D eigenvalue weighted by Gasteiger charge is 2.31. The van der Waals surface area contributed by atoms with E-state index >= 15 is 0 Å². The van der Waals surface area contributed by atoms with Crippen molar-refractivity contribution in [1.82, 2.24) is 5.06 Å². The molecule has 6 nitrogen and oxygen atoms in total. The molecule has 2 rings (SSSR count). The van der Waals surface area contributed by atoms with Gasteiger partial charge >= 0.3 is 0 Å². The molecule has 0 bridgehead atoms. The van der Waals surface area contributed by atoms with E-state index in [0.29, 0.717) is 11.5 Å².